The van der Waals surface area contributed by atoms with Gasteiger partial charge in [-0.3, -0.25) is 0 Å². The summed E-state index contributed by atoms with van der Waals surface area (Å²) in [5, 5.41) is 9.32. The van der Waals surface area contributed by atoms with E-state index in [4.69, 9.17) is 4.74 Å². The van der Waals surface area contributed by atoms with Crippen molar-refractivity contribution in [2.45, 2.75) is 89.3 Å². The van der Waals surface area contributed by atoms with Crippen LogP contribution in [-0.2, 0) is 16.9 Å². The quantitative estimate of drug-likeness (QED) is 0.689. The van der Waals surface area contributed by atoms with Crippen molar-refractivity contribution >= 4 is 0 Å². The first kappa shape index (κ1) is 17.5. The first-order valence-electron chi connectivity index (χ1n) is 10.9. The van der Waals surface area contributed by atoms with Gasteiger partial charge in [0.2, 0.25) is 0 Å². The Bertz CT molecular complexity index is 797. The van der Waals surface area contributed by atoms with Crippen molar-refractivity contribution in [2.24, 2.45) is 5.92 Å². The molecule has 0 bridgehead atoms. The molecule has 27 heavy (non-hydrogen) atoms. The van der Waals surface area contributed by atoms with E-state index in [1.807, 2.05) is 0 Å². The van der Waals surface area contributed by atoms with Gasteiger partial charge in [-0.05, 0) is 57.1 Å². The Kier molecular flexibility index (Phi) is 4.38. The van der Waals surface area contributed by atoms with E-state index in [2.05, 4.69) is 51.6 Å². The van der Waals surface area contributed by atoms with Crippen molar-refractivity contribution < 1.29 is 4.74 Å². The van der Waals surface area contributed by atoms with E-state index in [0.717, 1.165) is 18.3 Å². The lowest BCUT2D eigenvalue weighted by Crippen LogP contribution is -2.51. The van der Waals surface area contributed by atoms with Crippen molar-refractivity contribution in [3.8, 4) is 0 Å². The molecular weight excluding hydrogens is 336 g/mol. The summed E-state index contributed by atoms with van der Waals surface area (Å²) in [4.78, 5) is 0. The molecule has 2 atom stereocenters. The Morgan fingerprint density at radius 1 is 1.11 bits per heavy atom. The molecule has 3 heterocycles. The van der Waals surface area contributed by atoms with E-state index < -0.39 is 0 Å². The molecule has 3 aliphatic rings. The highest BCUT2D eigenvalue weighted by Gasteiger charge is 2.51. The van der Waals surface area contributed by atoms with Gasteiger partial charge >= 0.3 is 0 Å². The van der Waals surface area contributed by atoms with Gasteiger partial charge < -0.3 is 13.9 Å². The Morgan fingerprint density at radius 3 is 2.63 bits per heavy atom. The molecule has 2 aromatic heterocycles. The molecule has 5 rings (SSSR count). The molecule has 2 aromatic rings. The molecule has 2 saturated carbocycles. The maximum absolute atomic E-state index is 5.87. The predicted molar refractivity (Wildman–Crippen MR) is 105 cm³/mol. The molecule has 5 nitrogen and oxygen atoms in total. The van der Waals surface area contributed by atoms with E-state index in [0.29, 0.717) is 18.6 Å². The van der Waals surface area contributed by atoms with Gasteiger partial charge in [0.15, 0.2) is 5.82 Å². The number of fused-ring (bicyclic) bond motifs is 1. The molecule has 2 aliphatic carbocycles. The van der Waals surface area contributed by atoms with Crippen LogP contribution < -0.4 is 0 Å². The van der Waals surface area contributed by atoms with Gasteiger partial charge in [0.1, 0.15) is 11.4 Å². The standard InChI is InChI=1S/C22H32N4O/c1-16-22(2,25-12-11-18(13-25)15-27-14-17-9-10-17)21-24-23-20(26(16)21)19-7-5-3-4-6-8-19/h11-13,16-17,19H,3-10,14-15H2,1-2H3. The Labute approximate surface area is 162 Å². The molecule has 0 aromatic carbocycles. The summed E-state index contributed by atoms with van der Waals surface area (Å²) in [6.07, 6.45) is 15.1. The Balaban J connectivity index is 1.34. The number of hydrogen-bond acceptors (Lipinski definition) is 3. The summed E-state index contributed by atoms with van der Waals surface area (Å²) in [7, 11) is 0. The highest BCUT2D eigenvalue weighted by molar-refractivity contribution is 5.28. The van der Waals surface area contributed by atoms with Crippen LogP contribution in [0.2, 0.25) is 0 Å². The zero-order valence-corrected chi connectivity index (χ0v) is 16.7. The minimum absolute atomic E-state index is 0.106. The second-order valence-corrected chi connectivity index (χ2v) is 9.15. The summed E-state index contributed by atoms with van der Waals surface area (Å²) in [6, 6.07) is 2.57. The van der Waals surface area contributed by atoms with Gasteiger partial charge in [0.05, 0.1) is 12.6 Å². The van der Waals surface area contributed by atoms with Crippen molar-refractivity contribution in [3.63, 3.8) is 0 Å². The van der Waals surface area contributed by atoms with Crippen LogP contribution in [0.1, 0.15) is 94.4 Å². The third kappa shape index (κ3) is 2.95. The van der Waals surface area contributed by atoms with Crippen molar-refractivity contribution in [2.75, 3.05) is 6.61 Å². The normalized spacial score (nSPS) is 28.6. The highest BCUT2D eigenvalue weighted by atomic mass is 16.5. The topological polar surface area (TPSA) is 44.9 Å². The zero-order chi connectivity index (χ0) is 18.4. The number of nitrogens with zero attached hydrogens (tertiary/aromatic N) is 4. The third-order valence-electron chi connectivity index (χ3n) is 7.21. The molecule has 0 spiro atoms. The number of rotatable bonds is 6. The lowest BCUT2D eigenvalue weighted by Gasteiger charge is -2.47. The van der Waals surface area contributed by atoms with Gasteiger partial charge in [-0.25, -0.2) is 0 Å². The first-order chi connectivity index (χ1) is 13.2. The van der Waals surface area contributed by atoms with Crippen LogP contribution in [0.4, 0.5) is 0 Å². The maximum atomic E-state index is 5.87. The SMILES string of the molecule is CC1n2c(C3CCCCCC3)nnc2C1(C)n1ccc(COCC2CC2)c1. The van der Waals surface area contributed by atoms with Crippen LogP contribution >= 0.6 is 0 Å². The molecule has 0 radical (unpaired) electrons. The molecule has 2 fully saturated rings. The molecule has 5 heteroatoms. The minimum Gasteiger partial charge on any atom is -0.376 e. The zero-order valence-electron chi connectivity index (χ0n) is 16.7. The fourth-order valence-corrected chi connectivity index (χ4v) is 4.99. The highest BCUT2D eigenvalue weighted by Crippen LogP contribution is 2.48. The average molecular weight is 369 g/mol. The van der Waals surface area contributed by atoms with Gasteiger partial charge in [0.25, 0.3) is 0 Å². The third-order valence-corrected chi connectivity index (χ3v) is 7.21. The fraction of sp³-hybridized carbons (Fsp3) is 0.727. The summed E-state index contributed by atoms with van der Waals surface area (Å²) < 4.78 is 10.6. The van der Waals surface area contributed by atoms with E-state index >= 15 is 0 Å². The van der Waals surface area contributed by atoms with Gasteiger partial charge in [-0.15, -0.1) is 10.2 Å². The van der Waals surface area contributed by atoms with Crippen LogP contribution in [0.25, 0.3) is 0 Å². The number of ether oxygens (including phenoxy) is 1. The van der Waals surface area contributed by atoms with Crippen LogP contribution in [0.5, 0.6) is 0 Å². The lowest BCUT2D eigenvalue weighted by molar-refractivity contribution is 0.110. The molecule has 1 aliphatic heterocycles. The molecule has 146 valence electrons. The summed E-state index contributed by atoms with van der Waals surface area (Å²) >= 11 is 0. The summed E-state index contributed by atoms with van der Waals surface area (Å²) in [5.74, 6) is 3.77. The average Bonchev–Trinajstić information content (AvgIpc) is 3.32. The van der Waals surface area contributed by atoms with E-state index in [1.165, 1.54) is 62.8 Å². The monoisotopic (exact) mass is 368 g/mol. The van der Waals surface area contributed by atoms with E-state index in [-0.39, 0.29) is 5.54 Å². The van der Waals surface area contributed by atoms with Gasteiger partial charge in [-0.1, -0.05) is 25.7 Å². The molecule has 2 unspecified atom stereocenters. The van der Waals surface area contributed by atoms with Gasteiger partial charge in [-0.2, -0.15) is 0 Å². The second kappa shape index (κ2) is 6.77. The molecule has 0 saturated heterocycles. The van der Waals surface area contributed by atoms with Crippen molar-refractivity contribution in [1.29, 1.82) is 0 Å². The molecular formula is C22H32N4O. The minimum atomic E-state index is -0.106. The van der Waals surface area contributed by atoms with E-state index in [1.54, 1.807) is 0 Å². The number of aromatic nitrogens is 4. The van der Waals surface area contributed by atoms with Crippen LogP contribution in [-0.4, -0.2) is 25.9 Å². The molecule has 0 N–H and O–H groups in total. The lowest BCUT2D eigenvalue weighted by atomic mass is 9.83. The molecule has 0 amide bonds. The maximum Gasteiger partial charge on any atom is 0.161 e. The van der Waals surface area contributed by atoms with Crippen LogP contribution in [0, 0.1) is 5.92 Å². The fourth-order valence-electron chi connectivity index (χ4n) is 4.99. The van der Waals surface area contributed by atoms with Gasteiger partial charge in [0, 0.05) is 24.9 Å². The Morgan fingerprint density at radius 2 is 1.89 bits per heavy atom. The van der Waals surface area contributed by atoms with Crippen LogP contribution in [0.3, 0.4) is 0 Å². The van der Waals surface area contributed by atoms with Crippen LogP contribution in [0.15, 0.2) is 18.5 Å². The first-order valence-corrected chi connectivity index (χ1v) is 10.9. The summed E-state index contributed by atoms with van der Waals surface area (Å²) in [6.45, 7) is 6.25. The van der Waals surface area contributed by atoms with Crippen molar-refractivity contribution in [3.05, 3.63) is 35.7 Å². The van der Waals surface area contributed by atoms with E-state index in [9.17, 15) is 0 Å². The number of hydrogen-bond donors (Lipinski definition) is 0. The Hall–Kier alpha value is -1.62. The smallest absolute Gasteiger partial charge is 0.161 e. The van der Waals surface area contributed by atoms with Crippen molar-refractivity contribution in [1.82, 2.24) is 19.3 Å². The second-order valence-electron chi connectivity index (χ2n) is 9.15. The predicted octanol–water partition coefficient (Wildman–Crippen LogP) is 4.78. The largest absolute Gasteiger partial charge is 0.376 e. The summed E-state index contributed by atoms with van der Waals surface area (Å²) in [5.41, 5.74) is 1.15.